The Morgan fingerprint density at radius 1 is 1.06 bits per heavy atom. The Kier molecular flexibility index (Phi) is 7.34. The maximum atomic E-state index is 12.5. The monoisotopic (exact) mass is 457 g/mol. The van der Waals surface area contributed by atoms with Gasteiger partial charge >= 0.3 is 5.97 Å². The average molecular weight is 458 g/mol. The molecule has 1 unspecified atom stereocenters. The van der Waals surface area contributed by atoms with Crippen molar-refractivity contribution >= 4 is 22.6 Å². The van der Waals surface area contributed by atoms with Gasteiger partial charge in [-0.05, 0) is 55.8 Å². The van der Waals surface area contributed by atoms with Crippen molar-refractivity contribution in [3.63, 3.8) is 0 Å². The molecule has 0 aliphatic carbocycles. The van der Waals surface area contributed by atoms with E-state index in [4.69, 9.17) is 9.47 Å². The third-order valence-corrected chi connectivity index (χ3v) is 5.43. The van der Waals surface area contributed by atoms with Crippen LogP contribution in [0.25, 0.3) is 10.9 Å². The number of carbonyl (C=O) groups is 1. The number of carbonyl (C=O) groups excluding carboxylic acids is 1. The molecule has 34 heavy (non-hydrogen) atoms. The van der Waals surface area contributed by atoms with E-state index in [0.29, 0.717) is 35.5 Å². The molecule has 0 saturated heterocycles. The van der Waals surface area contributed by atoms with Crippen LogP contribution in [-0.2, 0) is 9.47 Å². The van der Waals surface area contributed by atoms with Gasteiger partial charge in [-0.2, -0.15) is 0 Å². The standard InChI is InChI=1S/C27H27N3O4/c1-3-33-15-16-34-27(32)21-5-4-6-22(17-21)30-24(20-11-13-28-14-12-20)23-10-9-19-8-7-18(2)29-25(19)26(23)31/h4-14,17,24,30-31H,3,15-16H2,1-2H3. The van der Waals surface area contributed by atoms with Crippen LogP contribution in [0.5, 0.6) is 5.75 Å². The smallest absolute Gasteiger partial charge is 0.338 e. The molecule has 7 nitrogen and oxygen atoms in total. The minimum Gasteiger partial charge on any atom is -0.505 e. The van der Waals surface area contributed by atoms with Crippen molar-refractivity contribution in [3.05, 3.63) is 95.4 Å². The lowest BCUT2D eigenvalue weighted by Crippen LogP contribution is -2.14. The Morgan fingerprint density at radius 3 is 2.65 bits per heavy atom. The number of fused-ring (bicyclic) bond motifs is 1. The highest BCUT2D eigenvalue weighted by molar-refractivity contribution is 5.90. The summed E-state index contributed by atoms with van der Waals surface area (Å²) in [6.45, 7) is 4.91. The molecule has 2 N–H and O–H groups in total. The van der Waals surface area contributed by atoms with Gasteiger partial charge < -0.3 is 19.9 Å². The maximum absolute atomic E-state index is 12.5. The molecule has 0 saturated carbocycles. The van der Waals surface area contributed by atoms with E-state index in [0.717, 1.165) is 16.6 Å². The highest BCUT2D eigenvalue weighted by Gasteiger charge is 2.21. The lowest BCUT2D eigenvalue weighted by atomic mass is 9.96. The molecule has 0 aliphatic rings. The second-order valence-electron chi connectivity index (χ2n) is 7.80. The Labute approximate surface area is 198 Å². The molecular formula is C27H27N3O4. The summed E-state index contributed by atoms with van der Waals surface area (Å²) >= 11 is 0. The fourth-order valence-corrected chi connectivity index (χ4v) is 3.74. The zero-order valence-corrected chi connectivity index (χ0v) is 19.2. The highest BCUT2D eigenvalue weighted by Crippen LogP contribution is 2.36. The Morgan fingerprint density at radius 2 is 1.85 bits per heavy atom. The largest absolute Gasteiger partial charge is 0.505 e. The van der Waals surface area contributed by atoms with Gasteiger partial charge in [-0.3, -0.25) is 4.98 Å². The van der Waals surface area contributed by atoms with Crippen molar-refractivity contribution in [2.75, 3.05) is 25.1 Å². The minimum atomic E-state index is -0.419. The van der Waals surface area contributed by atoms with Crippen LogP contribution in [0.1, 0.15) is 40.1 Å². The van der Waals surface area contributed by atoms with Crippen molar-refractivity contribution in [2.24, 2.45) is 0 Å². The number of anilines is 1. The zero-order chi connectivity index (χ0) is 23.9. The summed E-state index contributed by atoms with van der Waals surface area (Å²) in [5, 5.41) is 15.5. The van der Waals surface area contributed by atoms with Gasteiger partial charge in [0.1, 0.15) is 17.9 Å². The van der Waals surface area contributed by atoms with Crippen LogP contribution in [0.3, 0.4) is 0 Å². The lowest BCUT2D eigenvalue weighted by Gasteiger charge is -2.23. The van der Waals surface area contributed by atoms with Crippen molar-refractivity contribution in [3.8, 4) is 5.75 Å². The van der Waals surface area contributed by atoms with E-state index in [-0.39, 0.29) is 12.4 Å². The molecule has 0 amide bonds. The Balaban J connectivity index is 1.66. The molecule has 0 spiro atoms. The van der Waals surface area contributed by atoms with E-state index in [1.165, 1.54) is 0 Å². The Bertz CT molecular complexity index is 1280. The van der Waals surface area contributed by atoms with Gasteiger partial charge in [-0.1, -0.05) is 24.3 Å². The molecule has 2 aromatic carbocycles. The average Bonchev–Trinajstić information content (AvgIpc) is 2.87. The molecule has 4 aromatic rings. The normalized spacial score (nSPS) is 11.8. The van der Waals surface area contributed by atoms with E-state index in [9.17, 15) is 9.90 Å². The topological polar surface area (TPSA) is 93.6 Å². The van der Waals surface area contributed by atoms with Crippen molar-refractivity contribution in [2.45, 2.75) is 19.9 Å². The second-order valence-corrected chi connectivity index (χ2v) is 7.80. The molecule has 174 valence electrons. The number of benzene rings is 2. The van der Waals surface area contributed by atoms with Crippen LogP contribution in [-0.4, -0.2) is 40.9 Å². The molecule has 2 heterocycles. The summed E-state index contributed by atoms with van der Waals surface area (Å²) in [4.78, 5) is 21.1. The van der Waals surface area contributed by atoms with Crippen LogP contribution in [0.2, 0.25) is 0 Å². The van der Waals surface area contributed by atoms with Gasteiger partial charge in [0.15, 0.2) is 0 Å². The molecule has 0 bridgehead atoms. The third kappa shape index (κ3) is 5.32. The number of nitrogens with zero attached hydrogens (tertiary/aromatic N) is 2. The molecular weight excluding hydrogens is 430 g/mol. The number of pyridine rings is 2. The van der Waals surface area contributed by atoms with Crippen LogP contribution in [0.4, 0.5) is 5.69 Å². The van der Waals surface area contributed by atoms with E-state index in [1.54, 1.807) is 30.6 Å². The molecule has 0 radical (unpaired) electrons. The summed E-state index contributed by atoms with van der Waals surface area (Å²) in [5.41, 5.74) is 4.07. The number of aryl methyl sites for hydroxylation is 1. The number of aromatic hydroxyl groups is 1. The van der Waals surface area contributed by atoms with Crippen LogP contribution in [0.15, 0.2) is 73.1 Å². The van der Waals surface area contributed by atoms with Gasteiger partial charge in [-0.15, -0.1) is 0 Å². The van der Waals surface area contributed by atoms with Crippen LogP contribution < -0.4 is 5.32 Å². The minimum absolute atomic E-state index is 0.113. The van der Waals surface area contributed by atoms with Crippen molar-refractivity contribution in [1.82, 2.24) is 9.97 Å². The summed E-state index contributed by atoms with van der Waals surface area (Å²) < 4.78 is 10.5. The summed E-state index contributed by atoms with van der Waals surface area (Å²) in [7, 11) is 0. The first-order valence-electron chi connectivity index (χ1n) is 11.2. The van der Waals surface area contributed by atoms with Crippen LogP contribution >= 0.6 is 0 Å². The second kappa shape index (κ2) is 10.8. The van der Waals surface area contributed by atoms with Gasteiger partial charge in [0, 0.05) is 41.3 Å². The van der Waals surface area contributed by atoms with E-state index < -0.39 is 12.0 Å². The summed E-state index contributed by atoms with van der Waals surface area (Å²) in [5.74, 6) is -0.306. The summed E-state index contributed by atoms with van der Waals surface area (Å²) in [6, 6.07) is 18.1. The van der Waals surface area contributed by atoms with E-state index >= 15 is 0 Å². The number of esters is 1. The molecule has 0 aliphatic heterocycles. The first-order chi connectivity index (χ1) is 16.6. The molecule has 2 aromatic heterocycles. The predicted octanol–water partition coefficient (Wildman–Crippen LogP) is 5.04. The predicted molar refractivity (Wildman–Crippen MR) is 131 cm³/mol. The molecule has 0 fully saturated rings. The number of rotatable bonds is 9. The SMILES string of the molecule is CCOCCOC(=O)c1cccc(NC(c2ccncc2)c2ccc3ccc(C)nc3c2O)c1. The Hall–Kier alpha value is -3.97. The van der Waals surface area contributed by atoms with Crippen molar-refractivity contribution < 1.29 is 19.4 Å². The van der Waals surface area contributed by atoms with Gasteiger partial charge in [0.2, 0.25) is 0 Å². The number of ether oxygens (including phenoxy) is 2. The lowest BCUT2D eigenvalue weighted by molar-refractivity contribution is 0.0335. The first kappa shape index (κ1) is 23.2. The quantitative estimate of drug-likeness (QED) is 0.269. The molecule has 4 rings (SSSR count). The molecule has 1 atom stereocenters. The number of aromatic nitrogens is 2. The number of phenolic OH excluding ortho intramolecular Hbond substituents is 1. The number of hydrogen-bond donors (Lipinski definition) is 2. The third-order valence-electron chi connectivity index (χ3n) is 5.43. The first-order valence-corrected chi connectivity index (χ1v) is 11.2. The number of phenols is 1. The van der Waals surface area contributed by atoms with E-state index in [2.05, 4.69) is 15.3 Å². The van der Waals surface area contributed by atoms with Crippen LogP contribution in [0, 0.1) is 6.92 Å². The summed E-state index contributed by atoms with van der Waals surface area (Å²) in [6.07, 6.45) is 3.41. The van der Waals surface area contributed by atoms with Gasteiger partial charge in [0.05, 0.1) is 18.2 Å². The van der Waals surface area contributed by atoms with Crippen molar-refractivity contribution in [1.29, 1.82) is 0 Å². The molecule has 7 heteroatoms. The fourth-order valence-electron chi connectivity index (χ4n) is 3.74. The zero-order valence-electron chi connectivity index (χ0n) is 19.2. The van der Waals surface area contributed by atoms with Gasteiger partial charge in [-0.25, -0.2) is 9.78 Å². The maximum Gasteiger partial charge on any atom is 0.338 e. The number of nitrogens with one attached hydrogen (secondary N) is 1. The van der Waals surface area contributed by atoms with Gasteiger partial charge in [0.25, 0.3) is 0 Å². The number of hydrogen-bond acceptors (Lipinski definition) is 7. The highest BCUT2D eigenvalue weighted by atomic mass is 16.6. The fraction of sp³-hybridized carbons (Fsp3) is 0.222. The van der Waals surface area contributed by atoms with E-state index in [1.807, 2.05) is 56.3 Å².